The van der Waals surface area contributed by atoms with Gasteiger partial charge in [0, 0.05) is 32.5 Å². The predicted octanol–water partition coefficient (Wildman–Crippen LogP) is 1.02. The molecular weight excluding hydrogens is 112 g/mol. The van der Waals surface area contributed by atoms with E-state index in [-0.39, 0.29) is 0 Å². The first-order valence-corrected chi connectivity index (χ1v) is 3.22. The number of hydrogen-bond acceptors (Lipinski definition) is 2. The molecule has 0 spiro atoms. The van der Waals surface area contributed by atoms with Crippen LogP contribution in [0.15, 0.2) is 12.4 Å². The molecule has 0 atom stereocenters. The monoisotopic (exact) mass is 128 g/mol. The lowest BCUT2D eigenvalue weighted by atomic mass is 10.4. The van der Waals surface area contributed by atoms with Crippen LogP contribution in [0.4, 0.5) is 0 Å². The van der Waals surface area contributed by atoms with E-state index >= 15 is 0 Å². The van der Waals surface area contributed by atoms with Crippen molar-refractivity contribution in [2.45, 2.75) is 19.9 Å². The quantitative estimate of drug-likeness (QED) is 0.610. The lowest BCUT2D eigenvalue weighted by Gasteiger charge is -2.06. The Kier molecular flexibility index (Phi) is 3.93. The highest BCUT2D eigenvalue weighted by Crippen LogP contribution is 1.77. The minimum Gasteiger partial charge on any atom is -0.388 e. The van der Waals surface area contributed by atoms with Gasteiger partial charge in [-0.05, 0) is 13.8 Å². The van der Waals surface area contributed by atoms with Gasteiger partial charge in [-0.2, -0.15) is 0 Å². The van der Waals surface area contributed by atoms with Crippen LogP contribution in [-0.4, -0.2) is 25.0 Å². The second-order valence-corrected chi connectivity index (χ2v) is 2.60. The first-order valence-electron chi connectivity index (χ1n) is 3.22. The summed E-state index contributed by atoms with van der Waals surface area (Å²) in [6.45, 7) is 4.22. The fourth-order valence-corrected chi connectivity index (χ4v) is 0.385. The fourth-order valence-electron chi connectivity index (χ4n) is 0.385. The number of hydrogen-bond donors (Lipinski definition) is 1. The zero-order valence-corrected chi connectivity index (χ0v) is 6.68. The normalized spacial score (nSPS) is 10.8. The van der Waals surface area contributed by atoms with Crippen LogP contribution < -0.4 is 5.32 Å². The SMILES string of the molecule is CC(C)N/C=C\N(C)C. The van der Waals surface area contributed by atoms with Gasteiger partial charge in [-0.15, -0.1) is 0 Å². The van der Waals surface area contributed by atoms with Crippen LogP contribution in [0.3, 0.4) is 0 Å². The summed E-state index contributed by atoms with van der Waals surface area (Å²) in [5.41, 5.74) is 0. The smallest absolute Gasteiger partial charge is 0.0199 e. The van der Waals surface area contributed by atoms with Crippen LogP contribution in [0.5, 0.6) is 0 Å². The van der Waals surface area contributed by atoms with Crippen molar-refractivity contribution in [3.63, 3.8) is 0 Å². The van der Waals surface area contributed by atoms with Gasteiger partial charge in [0.1, 0.15) is 0 Å². The second-order valence-electron chi connectivity index (χ2n) is 2.60. The van der Waals surface area contributed by atoms with E-state index in [4.69, 9.17) is 0 Å². The lowest BCUT2D eigenvalue weighted by molar-refractivity contribution is 0.554. The molecule has 0 aromatic rings. The molecule has 0 amide bonds. The zero-order valence-electron chi connectivity index (χ0n) is 6.68. The highest BCUT2D eigenvalue weighted by atomic mass is 15.0. The summed E-state index contributed by atoms with van der Waals surface area (Å²) in [6.07, 6.45) is 3.94. The zero-order chi connectivity index (χ0) is 7.28. The summed E-state index contributed by atoms with van der Waals surface area (Å²) in [5, 5.41) is 3.15. The molecule has 0 bridgehead atoms. The van der Waals surface area contributed by atoms with Crippen molar-refractivity contribution in [1.29, 1.82) is 0 Å². The molecule has 0 aliphatic heterocycles. The van der Waals surface area contributed by atoms with Crippen molar-refractivity contribution in [3.8, 4) is 0 Å². The Hall–Kier alpha value is -0.660. The van der Waals surface area contributed by atoms with E-state index < -0.39 is 0 Å². The molecule has 54 valence electrons. The van der Waals surface area contributed by atoms with Crippen LogP contribution in [0.2, 0.25) is 0 Å². The Labute approximate surface area is 57.5 Å². The predicted molar refractivity (Wildman–Crippen MR) is 41.1 cm³/mol. The van der Waals surface area contributed by atoms with Crippen LogP contribution >= 0.6 is 0 Å². The highest BCUT2D eigenvalue weighted by molar-refractivity contribution is 4.77. The van der Waals surface area contributed by atoms with Crippen LogP contribution in [0.1, 0.15) is 13.8 Å². The van der Waals surface area contributed by atoms with E-state index in [1.807, 2.05) is 31.4 Å². The molecule has 0 aliphatic carbocycles. The van der Waals surface area contributed by atoms with Gasteiger partial charge in [0.15, 0.2) is 0 Å². The van der Waals surface area contributed by atoms with Gasteiger partial charge in [-0.25, -0.2) is 0 Å². The van der Waals surface area contributed by atoms with Gasteiger partial charge in [0.25, 0.3) is 0 Å². The van der Waals surface area contributed by atoms with E-state index in [1.54, 1.807) is 0 Å². The summed E-state index contributed by atoms with van der Waals surface area (Å²) in [6, 6.07) is 0.529. The topological polar surface area (TPSA) is 15.3 Å². The summed E-state index contributed by atoms with van der Waals surface area (Å²) in [7, 11) is 4.00. The van der Waals surface area contributed by atoms with Gasteiger partial charge in [-0.1, -0.05) is 0 Å². The van der Waals surface area contributed by atoms with Crippen LogP contribution in [0.25, 0.3) is 0 Å². The maximum Gasteiger partial charge on any atom is 0.0199 e. The molecule has 9 heavy (non-hydrogen) atoms. The molecule has 1 N–H and O–H groups in total. The summed E-state index contributed by atoms with van der Waals surface area (Å²) >= 11 is 0. The molecule has 0 aliphatic rings. The molecule has 0 rings (SSSR count). The maximum atomic E-state index is 3.15. The molecule has 0 unspecified atom stereocenters. The molecule has 0 saturated heterocycles. The van der Waals surface area contributed by atoms with E-state index in [0.29, 0.717) is 6.04 Å². The largest absolute Gasteiger partial charge is 0.388 e. The fraction of sp³-hybridized carbons (Fsp3) is 0.714. The Bertz CT molecular complexity index is 84.9. The second kappa shape index (κ2) is 4.24. The third kappa shape index (κ3) is 7.34. The van der Waals surface area contributed by atoms with E-state index in [2.05, 4.69) is 19.2 Å². The van der Waals surface area contributed by atoms with Crippen molar-refractivity contribution in [1.82, 2.24) is 10.2 Å². The summed E-state index contributed by atoms with van der Waals surface area (Å²) in [4.78, 5) is 2.00. The lowest BCUT2D eigenvalue weighted by Crippen LogP contribution is -2.16. The molecule has 0 fully saturated rings. The molecule has 0 aromatic carbocycles. The van der Waals surface area contributed by atoms with Gasteiger partial charge >= 0.3 is 0 Å². The maximum absolute atomic E-state index is 3.15. The summed E-state index contributed by atoms with van der Waals surface area (Å²) < 4.78 is 0. The standard InChI is InChI=1S/C7H16N2/c1-7(2)8-5-6-9(3)4/h5-8H,1-4H3/b6-5-. The Morgan fingerprint density at radius 3 is 2.22 bits per heavy atom. The van der Waals surface area contributed by atoms with Crippen molar-refractivity contribution in [3.05, 3.63) is 12.4 Å². The van der Waals surface area contributed by atoms with Crippen molar-refractivity contribution in [2.75, 3.05) is 14.1 Å². The van der Waals surface area contributed by atoms with E-state index in [9.17, 15) is 0 Å². The molecule has 2 nitrogen and oxygen atoms in total. The third-order valence-electron chi connectivity index (χ3n) is 0.802. The Morgan fingerprint density at radius 1 is 1.33 bits per heavy atom. The van der Waals surface area contributed by atoms with Crippen molar-refractivity contribution >= 4 is 0 Å². The first-order chi connectivity index (χ1) is 4.13. The number of nitrogens with zero attached hydrogens (tertiary/aromatic N) is 1. The van der Waals surface area contributed by atoms with Crippen molar-refractivity contribution in [2.24, 2.45) is 0 Å². The molecule has 0 saturated carbocycles. The van der Waals surface area contributed by atoms with Crippen molar-refractivity contribution < 1.29 is 0 Å². The summed E-state index contributed by atoms with van der Waals surface area (Å²) in [5.74, 6) is 0. The number of nitrogens with one attached hydrogen (secondary N) is 1. The van der Waals surface area contributed by atoms with Gasteiger partial charge in [0.05, 0.1) is 0 Å². The van der Waals surface area contributed by atoms with Gasteiger partial charge < -0.3 is 10.2 Å². The average molecular weight is 128 g/mol. The molecule has 2 heteroatoms. The van der Waals surface area contributed by atoms with E-state index in [0.717, 1.165) is 0 Å². The Morgan fingerprint density at radius 2 is 1.89 bits per heavy atom. The third-order valence-corrected chi connectivity index (χ3v) is 0.802. The number of rotatable bonds is 3. The highest BCUT2D eigenvalue weighted by Gasteiger charge is 1.82. The minimum atomic E-state index is 0.529. The van der Waals surface area contributed by atoms with Gasteiger partial charge in [-0.3, -0.25) is 0 Å². The average Bonchev–Trinajstić information content (AvgIpc) is 1.63. The van der Waals surface area contributed by atoms with E-state index in [1.165, 1.54) is 0 Å². The molecule has 0 radical (unpaired) electrons. The first kappa shape index (κ1) is 8.34. The van der Waals surface area contributed by atoms with Gasteiger partial charge in [0.2, 0.25) is 0 Å². The minimum absolute atomic E-state index is 0.529. The molecule has 0 aromatic heterocycles. The molecular formula is C7H16N2. The molecule has 0 heterocycles. The van der Waals surface area contributed by atoms with Crippen LogP contribution in [-0.2, 0) is 0 Å². The van der Waals surface area contributed by atoms with Crippen LogP contribution in [0, 0.1) is 0 Å². The Balaban J connectivity index is 3.25.